The molecule has 3 nitrogen and oxygen atoms in total. The summed E-state index contributed by atoms with van der Waals surface area (Å²) >= 11 is 0. The quantitative estimate of drug-likeness (QED) is 0.690. The number of benzene rings is 2. The minimum Gasteiger partial charge on any atom is -0.357 e. The topological polar surface area (TPSA) is 36.1 Å². The van der Waals surface area contributed by atoms with Gasteiger partial charge in [-0.3, -0.25) is 9.69 Å². The van der Waals surface area contributed by atoms with Gasteiger partial charge in [0, 0.05) is 30.2 Å². The Morgan fingerprint density at radius 2 is 1.62 bits per heavy atom. The Hall–Kier alpha value is -2.39. The number of hydrogen-bond donors (Lipinski definition) is 1. The summed E-state index contributed by atoms with van der Waals surface area (Å²) < 4.78 is 0. The molecule has 2 aromatic carbocycles. The zero-order chi connectivity index (χ0) is 18.7. The molecule has 0 spiro atoms. The number of nitrogens with one attached hydrogen (secondary N) is 1. The SMILES string of the molecule is CCCN(Cc1ccc(C)cc1)Cc1cc(=O)c2c(C)ccc(C)c2[nH]1. The van der Waals surface area contributed by atoms with Crippen molar-refractivity contribution in [3.8, 4) is 0 Å². The van der Waals surface area contributed by atoms with Gasteiger partial charge >= 0.3 is 0 Å². The first-order chi connectivity index (χ1) is 12.5. The largest absolute Gasteiger partial charge is 0.357 e. The fraction of sp³-hybridized carbons (Fsp3) is 0.348. The predicted molar refractivity (Wildman–Crippen MR) is 110 cm³/mol. The Labute approximate surface area is 155 Å². The molecule has 3 aromatic rings. The number of aromatic nitrogens is 1. The van der Waals surface area contributed by atoms with Gasteiger partial charge in [-0.2, -0.15) is 0 Å². The van der Waals surface area contributed by atoms with Gasteiger partial charge in [-0.25, -0.2) is 0 Å². The Bertz CT molecular complexity index is 954. The van der Waals surface area contributed by atoms with E-state index in [0.717, 1.165) is 53.8 Å². The predicted octanol–water partition coefficient (Wildman–Crippen LogP) is 4.87. The van der Waals surface area contributed by atoms with E-state index in [1.165, 1.54) is 11.1 Å². The zero-order valence-corrected chi connectivity index (χ0v) is 16.2. The molecule has 0 radical (unpaired) electrons. The standard InChI is InChI=1S/C23H28N2O/c1-5-12-25(14-19-10-6-16(2)7-11-19)15-20-13-21(26)22-17(3)8-9-18(4)23(22)24-20/h6-11,13H,5,12,14-15H2,1-4H3,(H,24,26). The van der Waals surface area contributed by atoms with E-state index in [0.29, 0.717) is 0 Å². The van der Waals surface area contributed by atoms with E-state index >= 15 is 0 Å². The Morgan fingerprint density at radius 1 is 0.923 bits per heavy atom. The first-order valence-corrected chi connectivity index (χ1v) is 9.38. The highest BCUT2D eigenvalue weighted by atomic mass is 16.1. The van der Waals surface area contributed by atoms with Crippen molar-refractivity contribution >= 4 is 10.9 Å². The smallest absolute Gasteiger partial charge is 0.189 e. The summed E-state index contributed by atoms with van der Waals surface area (Å²) in [5.41, 5.74) is 6.80. The summed E-state index contributed by atoms with van der Waals surface area (Å²) in [6.07, 6.45) is 1.09. The van der Waals surface area contributed by atoms with Crippen LogP contribution in [0.25, 0.3) is 10.9 Å². The van der Waals surface area contributed by atoms with Crippen LogP contribution in [0, 0.1) is 20.8 Å². The van der Waals surface area contributed by atoms with Gasteiger partial charge in [0.1, 0.15) is 0 Å². The molecule has 3 rings (SSSR count). The summed E-state index contributed by atoms with van der Waals surface area (Å²) in [7, 11) is 0. The first kappa shape index (κ1) is 18.4. The molecule has 0 aliphatic heterocycles. The van der Waals surface area contributed by atoms with Crippen LogP contribution >= 0.6 is 0 Å². The number of nitrogens with zero attached hydrogens (tertiary/aromatic N) is 1. The third-order valence-electron chi connectivity index (χ3n) is 4.92. The summed E-state index contributed by atoms with van der Waals surface area (Å²) in [6.45, 7) is 11.0. The second-order valence-corrected chi connectivity index (χ2v) is 7.30. The van der Waals surface area contributed by atoms with Crippen LogP contribution in [0.4, 0.5) is 0 Å². The molecule has 0 atom stereocenters. The molecule has 0 aliphatic carbocycles. The monoisotopic (exact) mass is 348 g/mol. The van der Waals surface area contributed by atoms with Crippen LogP contribution in [0.15, 0.2) is 47.3 Å². The van der Waals surface area contributed by atoms with Crippen LogP contribution < -0.4 is 5.43 Å². The Balaban J connectivity index is 1.90. The first-order valence-electron chi connectivity index (χ1n) is 9.38. The number of H-pyrrole nitrogens is 1. The van der Waals surface area contributed by atoms with E-state index in [1.807, 2.05) is 13.0 Å². The fourth-order valence-electron chi connectivity index (χ4n) is 3.52. The van der Waals surface area contributed by atoms with Crippen molar-refractivity contribution in [3.63, 3.8) is 0 Å². The van der Waals surface area contributed by atoms with Crippen molar-refractivity contribution in [2.24, 2.45) is 0 Å². The third-order valence-corrected chi connectivity index (χ3v) is 4.92. The van der Waals surface area contributed by atoms with E-state index in [4.69, 9.17) is 0 Å². The molecular formula is C23H28N2O. The van der Waals surface area contributed by atoms with Gasteiger partial charge in [0.05, 0.1) is 5.52 Å². The van der Waals surface area contributed by atoms with E-state index in [-0.39, 0.29) is 5.43 Å². The number of pyridine rings is 1. The number of hydrogen-bond acceptors (Lipinski definition) is 2. The summed E-state index contributed by atoms with van der Waals surface area (Å²) in [5, 5.41) is 0.814. The second kappa shape index (κ2) is 7.88. The average molecular weight is 348 g/mol. The molecule has 1 heterocycles. The highest BCUT2D eigenvalue weighted by Gasteiger charge is 2.11. The molecule has 0 unspecified atom stereocenters. The molecule has 26 heavy (non-hydrogen) atoms. The van der Waals surface area contributed by atoms with Gasteiger partial charge in [0.15, 0.2) is 5.43 Å². The maximum atomic E-state index is 12.7. The molecule has 3 heteroatoms. The molecule has 0 aliphatic rings. The molecule has 0 fully saturated rings. The molecule has 0 bridgehead atoms. The summed E-state index contributed by atoms with van der Waals surface area (Å²) in [6, 6.07) is 14.6. The van der Waals surface area contributed by atoms with E-state index in [9.17, 15) is 4.79 Å². The highest BCUT2D eigenvalue weighted by molar-refractivity contribution is 5.84. The van der Waals surface area contributed by atoms with Gasteiger partial charge in [-0.15, -0.1) is 0 Å². The van der Waals surface area contributed by atoms with Crippen molar-refractivity contribution in [2.45, 2.75) is 47.2 Å². The van der Waals surface area contributed by atoms with Crippen molar-refractivity contribution < 1.29 is 0 Å². The lowest BCUT2D eigenvalue weighted by Gasteiger charge is -2.22. The number of fused-ring (bicyclic) bond motifs is 1. The van der Waals surface area contributed by atoms with Crippen LogP contribution in [-0.2, 0) is 13.1 Å². The number of rotatable bonds is 6. The molecule has 136 valence electrons. The van der Waals surface area contributed by atoms with E-state index in [1.54, 1.807) is 6.07 Å². The summed E-state index contributed by atoms with van der Waals surface area (Å²) in [4.78, 5) is 18.6. The fourth-order valence-corrected chi connectivity index (χ4v) is 3.52. The van der Waals surface area contributed by atoms with Gasteiger partial charge in [0.25, 0.3) is 0 Å². The van der Waals surface area contributed by atoms with E-state index in [2.05, 4.69) is 61.0 Å². The van der Waals surface area contributed by atoms with Crippen molar-refractivity contribution in [1.82, 2.24) is 9.88 Å². The zero-order valence-electron chi connectivity index (χ0n) is 16.2. The van der Waals surface area contributed by atoms with Crippen molar-refractivity contribution in [3.05, 3.63) is 80.6 Å². The van der Waals surface area contributed by atoms with Crippen LogP contribution in [-0.4, -0.2) is 16.4 Å². The van der Waals surface area contributed by atoms with Gasteiger partial charge < -0.3 is 4.98 Å². The molecule has 0 saturated carbocycles. The number of aromatic amines is 1. The maximum absolute atomic E-state index is 12.7. The Morgan fingerprint density at radius 3 is 2.31 bits per heavy atom. The lowest BCUT2D eigenvalue weighted by Crippen LogP contribution is -2.25. The lowest BCUT2D eigenvalue weighted by atomic mass is 10.0. The molecule has 1 N–H and O–H groups in total. The third kappa shape index (κ3) is 4.05. The van der Waals surface area contributed by atoms with Crippen LogP contribution in [0.2, 0.25) is 0 Å². The molecule has 0 amide bonds. The summed E-state index contributed by atoms with van der Waals surface area (Å²) in [5.74, 6) is 0. The minimum absolute atomic E-state index is 0.113. The Kier molecular flexibility index (Phi) is 5.58. The molecule has 0 saturated heterocycles. The molecule has 1 aromatic heterocycles. The number of aryl methyl sites for hydroxylation is 3. The lowest BCUT2D eigenvalue weighted by molar-refractivity contribution is 0.254. The van der Waals surface area contributed by atoms with Crippen molar-refractivity contribution in [2.75, 3.05) is 6.54 Å². The maximum Gasteiger partial charge on any atom is 0.189 e. The highest BCUT2D eigenvalue weighted by Crippen LogP contribution is 2.18. The van der Waals surface area contributed by atoms with Gasteiger partial charge in [-0.05, 0) is 50.4 Å². The van der Waals surface area contributed by atoms with Gasteiger partial charge in [-0.1, -0.05) is 48.9 Å². The van der Waals surface area contributed by atoms with Crippen LogP contribution in [0.3, 0.4) is 0 Å². The average Bonchev–Trinajstić information content (AvgIpc) is 2.60. The minimum atomic E-state index is 0.113. The normalized spacial score (nSPS) is 11.4. The van der Waals surface area contributed by atoms with E-state index < -0.39 is 0 Å². The van der Waals surface area contributed by atoms with Crippen LogP contribution in [0.5, 0.6) is 0 Å². The van der Waals surface area contributed by atoms with Gasteiger partial charge in [0.2, 0.25) is 0 Å². The van der Waals surface area contributed by atoms with Crippen LogP contribution in [0.1, 0.15) is 41.3 Å². The second-order valence-electron chi connectivity index (χ2n) is 7.30. The van der Waals surface area contributed by atoms with Crippen molar-refractivity contribution in [1.29, 1.82) is 0 Å². The molecular weight excluding hydrogens is 320 g/mol.